The minimum absolute atomic E-state index is 0.138. The second-order valence-corrected chi connectivity index (χ2v) is 7.21. The van der Waals surface area contributed by atoms with Gasteiger partial charge < -0.3 is 15.6 Å². The standard InChI is InChI=1S/C24H22N4O2/c1-15-16(2)27-22-7-6-19(13-21(15)22)23(29)26-14-17-4-3-5-20(12-17)28-24(30)18-8-10-25-11-9-18/h3-13,27H,14H2,1-2H3,(H,26,29)(H,28,30). The maximum atomic E-state index is 12.6. The molecule has 2 aromatic carbocycles. The number of H-pyrrole nitrogens is 1. The molecule has 4 rings (SSSR count). The number of aromatic nitrogens is 2. The second kappa shape index (κ2) is 8.21. The van der Waals surface area contributed by atoms with E-state index in [-0.39, 0.29) is 11.8 Å². The number of carbonyl (C=O) groups excluding carboxylic acids is 2. The zero-order valence-corrected chi connectivity index (χ0v) is 16.8. The van der Waals surface area contributed by atoms with Crippen LogP contribution in [0.2, 0.25) is 0 Å². The fourth-order valence-corrected chi connectivity index (χ4v) is 3.35. The molecule has 0 aliphatic heterocycles. The van der Waals surface area contributed by atoms with Crippen molar-refractivity contribution in [1.82, 2.24) is 15.3 Å². The van der Waals surface area contributed by atoms with Crippen LogP contribution in [0.15, 0.2) is 67.0 Å². The van der Waals surface area contributed by atoms with E-state index in [4.69, 9.17) is 0 Å². The van der Waals surface area contributed by atoms with Crippen molar-refractivity contribution in [1.29, 1.82) is 0 Å². The van der Waals surface area contributed by atoms with Gasteiger partial charge >= 0.3 is 0 Å². The lowest BCUT2D eigenvalue weighted by atomic mass is 10.1. The SMILES string of the molecule is Cc1[nH]c2ccc(C(=O)NCc3cccc(NC(=O)c4ccncc4)c3)cc2c1C. The molecule has 0 saturated carbocycles. The smallest absolute Gasteiger partial charge is 0.255 e. The molecule has 2 aromatic heterocycles. The van der Waals surface area contributed by atoms with Crippen molar-refractivity contribution in [3.63, 3.8) is 0 Å². The number of carbonyl (C=O) groups is 2. The van der Waals surface area contributed by atoms with Crippen LogP contribution in [0.25, 0.3) is 10.9 Å². The van der Waals surface area contributed by atoms with Crippen LogP contribution >= 0.6 is 0 Å². The number of nitrogens with zero attached hydrogens (tertiary/aromatic N) is 1. The van der Waals surface area contributed by atoms with Gasteiger partial charge in [-0.25, -0.2) is 0 Å². The van der Waals surface area contributed by atoms with Crippen LogP contribution in [0.5, 0.6) is 0 Å². The van der Waals surface area contributed by atoms with Crippen molar-refractivity contribution in [2.24, 2.45) is 0 Å². The largest absolute Gasteiger partial charge is 0.358 e. The Morgan fingerprint density at radius 3 is 2.53 bits per heavy atom. The third kappa shape index (κ3) is 4.07. The summed E-state index contributed by atoms with van der Waals surface area (Å²) in [6.07, 6.45) is 3.16. The molecule has 0 fully saturated rings. The molecule has 4 aromatic rings. The van der Waals surface area contributed by atoms with E-state index in [1.807, 2.05) is 56.3 Å². The van der Waals surface area contributed by atoms with Gasteiger partial charge in [0.1, 0.15) is 0 Å². The van der Waals surface area contributed by atoms with E-state index in [1.165, 1.54) is 0 Å². The molecule has 2 heterocycles. The monoisotopic (exact) mass is 398 g/mol. The van der Waals surface area contributed by atoms with E-state index in [2.05, 4.69) is 20.6 Å². The lowest BCUT2D eigenvalue weighted by Gasteiger charge is -2.09. The molecular weight excluding hydrogens is 376 g/mol. The Morgan fingerprint density at radius 2 is 1.73 bits per heavy atom. The minimum atomic E-state index is -0.205. The van der Waals surface area contributed by atoms with Crippen molar-refractivity contribution in [2.45, 2.75) is 20.4 Å². The molecule has 30 heavy (non-hydrogen) atoms. The number of rotatable bonds is 5. The molecule has 0 aliphatic carbocycles. The normalized spacial score (nSPS) is 10.7. The van der Waals surface area contributed by atoms with Crippen LogP contribution in [0.4, 0.5) is 5.69 Å². The van der Waals surface area contributed by atoms with Gasteiger partial charge in [-0.2, -0.15) is 0 Å². The summed E-state index contributed by atoms with van der Waals surface area (Å²) in [7, 11) is 0. The summed E-state index contributed by atoms with van der Waals surface area (Å²) >= 11 is 0. The Bertz CT molecular complexity index is 1230. The van der Waals surface area contributed by atoms with E-state index in [0.29, 0.717) is 23.4 Å². The first-order valence-corrected chi connectivity index (χ1v) is 9.69. The maximum absolute atomic E-state index is 12.6. The second-order valence-electron chi connectivity index (χ2n) is 7.21. The summed E-state index contributed by atoms with van der Waals surface area (Å²) in [6.45, 7) is 4.43. The Balaban J connectivity index is 1.42. The number of aryl methyl sites for hydroxylation is 2. The number of fused-ring (bicyclic) bond motifs is 1. The van der Waals surface area contributed by atoms with Gasteiger partial charge in [0.05, 0.1) is 0 Å². The maximum Gasteiger partial charge on any atom is 0.255 e. The molecule has 3 N–H and O–H groups in total. The summed E-state index contributed by atoms with van der Waals surface area (Å²) in [5, 5.41) is 6.87. The van der Waals surface area contributed by atoms with E-state index >= 15 is 0 Å². The van der Waals surface area contributed by atoms with Crippen LogP contribution in [-0.4, -0.2) is 21.8 Å². The Labute approximate surface area is 174 Å². The number of aromatic amines is 1. The number of pyridine rings is 1. The van der Waals surface area contributed by atoms with Crippen LogP contribution in [0.1, 0.15) is 37.5 Å². The van der Waals surface area contributed by atoms with Gasteiger partial charge in [-0.1, -0.05) is 12.1 Å². The zero-order valence-electron chi connectivity index (χ0n) is 16.8. The zero-order chi connectivity index (χ0) is 21.1. The number of hydrogen-bond acceptors (Lipinski definition) is 3. The number of amides is 2. The molecule has 0 bridgehead atoms. The predicted octanol–water partition coefficient (Wildman–Crippen LogP) is 4.36. The van der Waals surface area contributed by atoms with E-state index < -0.39 is 0 Å². The highest BCUT2D eigenvalue weighted by molar-refractivity contribution is 6.04. The van der Waals surface area contributed by atoms with Gasteiger partial charge in [0, 0.05) is 52.3 Å². The summed E-state index contributed by atoms with van der Waals surface area (Å²) in [5.74, 6) is -0.342. The molecular formula is C24H22N4O2. The highest BCUT2D eigenvalue weighted by Crippen LogP contribution is 2.22. The highest BCUT2D eigenvalue weighted by Gasteiger charge is 2.10. The number of benzene rings is 2. The molecule has 0 aliphatic rings. The quantitative estimate of drug-likeness (QED) is 0.467. The highest BCUT2D eigenvalue weighted by atomic mass is 16.2. The summed E-state index contributed by atoms with van der Waals surface area (Å²) in [6, 6.07) is 16.4. The molecule has 6 heteroatoms. The van der Waals surface area contributed by atoms with Crippen molar-refractivity contribution >= 4 is 28.4 Å². The minimum Gasteiger partial charge on any atom is -0.358 e. The third-order valence-electron chi connectivity index (χ3n) is 5.15. The Kier molecular flexibility index (Phi) is 5.30. The molecule has 0 unspecified atom stereocenters. The van der Waals surface area contributed by atoms with Crippen molar-refractivity contribution in [3.05, 3.63) is 94.9 Å². The third-order valence-corrected chi connectivity index (χ3v) is 5.15. The molecule has 6 nitrogen and oxygen atoms in total. The predicted molar refractivity (Wildman–Crippen MR) is 118 cm³/mol. The number of nitrogens with one attached hydrogen (secondary N) is 3. The topological polar surface area (TPSA) is 86.9 Å². The van der Waals surface area contributed by atoms with Crippen molar-refractivity contribution in [3.8, 4) is 0 Å². The molecule has 0 atom stereocenters. The van der Waals surface area contributed by atoms with Gasteiger partial charge in [-0.3, -0.25) is 14.6 Å². The Hall–Kier alpha value is -3.93. The Morgan fingerprint density at radius 1 is 0.933 bits per heavy atom. The lowest BCUT2D eigenvalue weighted by molar-refractivity contribution is 0.0950. The number of hydrogen-bond donors (Lipinski definition) is 3. The number of anilines is 1. The molecule has 0 radical (unpaired) electrons. The van der Waals surface area contributed by atoms with E-state index in [9.17, 15) is 9.59 Å². The average Bonchev–Trinajstić information content (AvgIpc) is 3.06. The summed E-state index contributed by atoms with van der Waals surface area (Å²) in [5.41, 5.74) is 6.00. The van der Waals surface area contributed by atoms with Crippen LogP contribution in [-0.2, 0) is 6.54 Å². The van der Waals surface area contributed by atoms with E-state index in [1.54, 1.807) is 24.5 Å². The molecule has 150 valence electrons. The lowest BCUT2D eigenvalue weighted by Crippen LogP contribution is -2.22. The fourth-order valence-electron chi connectivity index (χ4n) is 3.35. The summed E-state index contributed by atoms with van der Waals surface area (Å²) < 4.78 is 0. The molecule has 0 saturated heterocycles. The van der Waals surface area contributed by atoms with Crippen LogP contribution < -0.4 is 10.6 Å². The fraction of sp³-hybridized carbons (Fsp3) is 0.125. The van der Waals surface area contributed by atoms with Gasteiger partial charge in [0.2, 0.25) is 0 Å². The van der Waals surface area contributed by atoms with Gasteiger partial charge in [0.25, 0.3) is 11.8 Å². The van der Waals surface area contributed by atoms with Gasteiger partial charge in [-0.15, -0.1) is 0 Å². The first kappa shape index (κ1) is 19.4. The average molecular weight is 398 g/mol. The summed E-state index contributed by atoms with van der Waals surface area (Å²) in [4.78, 5) is 32.2. The van der Waals surface area contributed by atoms with Crippen LogP contribution in [0.3, 0.4) is 0 Å². The molecule has 2 amide bonds. The van der Waals surface area contributed by atoms with Gasteiger partial charge in [0.15, 0.2) is 0 Å². The van der Waals surface area contributed by atoms with Crippen molar-refractivity contribution in [2.75, 3.05) is 5.32 Å². The first-order chi connectivity index (χ1) is 14.5. The van der Waals surface area contributed by atoms with Crippen molar-refractivity contribution < 1.29 is 9.59 Å². The molecule has 0 spiro atoms. The van der Waals surface area contributed by atoms with E-state index in [0.717, 1.165) is 27.7 Å². The van der Waals surface area contributed by atoms with Gasteiger partial charge in [-0.05, 0) is 67.4 Å². The van der Waals surface area contributed by atoms with Crippen LogP contribution in [0, 0.1) is 13.8 Å². The first-order valence-electron chi connectivity index (χ1n) is 9.69.